The highest BCUT2D eigenvalue weighted by atomic mass is 32.2. The van der Waals surface area contributed by atoms with Crippen molar-refractivity contribution in [3.05, 3.63) is 80.9 Å². The largest absolute Gasteiger partial charge is 0.377 e. The molecule has 1 aromatic heterocycles. The number of nitrogens with zero attached hydrogens (tertiary/aromatic N) is 1. The quantitative estimate of drug-likeness (QED) is 0.233. The zero-order chi connectivity index (χ0) is 24.6. The Labute approximate surface area is 199 Å². The van der Waals surface area contributed by atoms with E-state index < -0.39 is 26.3 Å². The number of anilines is 3. The van der Waals surface area contributed by atoms with Crippen LogP contribution in [0.15, 0.2) is 64.4 Å². The first-order valence-electron chi connectivity index (χ1n) is 11.2. The summed E-state index contributed by atoms with van der Waals surface area (Å²) in [6, 6.07) is 12.7. The summed E-state index contributed by atoms with van der Waals surface area (Å²) < 4.78 is 29.3. The third-order valence-corrected chi connectivity index (χ3v) is 6.58. The maximum absolute atomic E-state index is 12.0. The summed E-state index contributed by atoms with van der Waals surface area (Å²) in [5, 5.41) is 11.4. The summed E-state index contributed by atoms with van der Waals surface area (Å²) in [7, 11) is -3.81. The molecule has 0 aliphatic heterocycles. The van der Waals surface area contributed by atoms with Gasteiger partial charge in [0.2, 0.25) is 10.0 Å². The van der Waals surface area contributed by atoms with Crippen molar-refractivity contribution in [2.45, 2.75) is 57.1 Å². The van der Waals surface area contributed by atoms with Crippen LogP contribution in [0.5, 0.6) is 0 Å². The van der Waals surface area contributed by atoms with Crippen molar-refractivity contribution >= 4 is 27.1 Å². The lowest BCUT2D eigenvalue weighted by molar-refractivity contribution is 0.0847. The van der Waals surface area contributed by atoms with Crippen molar-refractivity contribution in [1.29, 1.82) is 0 Å². The Morgan fingerprint density at radius 3 is 2.26 bits per heavy atom. The Hall–Kier alpha value is -3.08. The minimum absolute atomic E-state index is 0.0374. The van der Waals surface area contributed by atoms with Gasteiger partial charge in [0.1, 0.15) is 11.4 Å². The highest BCUT2D eigenvalue weighted by Crippen LogP contribution is 2.22. The first-order chi connectivity index (χ1) is 16.3. The SMILES string of the molecule is CC(CCCCCC(OCc1ccccc1)S(N)(=O)=O)Nc1c(Nc2ccncc2)c(=O)c1=O. The normalized spacial score (nSPS) is 13.5. The molecule has 2 atom stereocenters. The number of aromatic nitrogens is 1. The third-order valence-electron chi connectivity index (χ3n) is 5.47. The highest BCUT2D eigenvalue weighted by Gasteiger charge is 2.23. The average Bonchev–Trinajstić information content (AvgIpc) is 2.83. The Kier molecular flexibility index (Phi) is 8.91. The van der Waals surface area contributed by atoms with Crippen LogP contribution in [0, 0.1) is 0 Å². The van der Waals surface area contributed by atoms with Gasteiger partial charge in [-0.25, -0.2) is 13.6 Å². The molecule has 182 valence electrons. The van der Waals surface area contributed by atoms with Gasteiger partial charge in [-0.1, -0.05) is 43.2 Å². The van der Waals surface area contributed by atoms with Gasteiger partial charge in [0.15, 0.2) is 5.44 Å². The van der Waals surface area contributed by atoms with E-state index in [1.54, 1.807) is 24.5 Å². The van der Waals surface area contributed by atoms with E-state index in [-0.39, 0.29) is 24.0 Å². The molecule has 0 amide bonds. The van der Waals surface area contributed by atoms with E-state index in [1.807, 2.05) is 37.3 Å². The first kappa shape index (κ1) is 25.5. The highest BCUT2D eigenvalue weighted by molar-refractivity contribution is 7.89. The summed E-state index contributed by atoms with van der Waals surface area (Å²) in [6.45, 7) is 2.11. The summed E-state index contributed by atoms with van der Waals surface area (Å²) in [5.41, 5.74) is -0.0174. The lowest BCUT2D eigenvalue weighted by Gasteiger charge is -2.20. The molecular weight excluding hydrogens is 456 g/mol. The van der Waals surface area contributed by atoms with Crippen LogP contribution in [0.25, 0.3) is 0 Å². The van der Waals surface area contributed by atoms with Crippen LogP contribution in [0.2, 0.25) is 0 Å². The molecule has 0 saturated carbocycles. The molecular formula is C24H30N4O5S. The first-order valence-corrected chi connectivity index (χ1v) is 12.8. The number of unbranched alkanes of at least 4 members (excludes halogenated alkanes) is 2. The van der Waals surface area contributed by atoms with E-state index in [4.69, 9.17) is 9.88 Å². The van der Waals surface area contributed by atoms with E-state index in [9.17, 15) is 18.0 Å². The Balaban J connectivity index is 1.42. The molecule has 3 rings (SSSR count). The predicted molar refractivity (Wildman–Crippen MR) is 133 cm³/mol. The van der Waals surface area contributed by atoms with Crippen LogP contribution in [0.3, 0.4) is 0 Å². The summed E-state index contributed by atoms with van der Waals surface area (Å²) in [4.78, 5) is 27.9. The molecule has 3 aromatic rings. The number of ether oxygens (including phenoxy) is 1. The summed E-state index contributed by atoms with van der Waals surface area (Å²) in [5.74, 6) is 0. The summed E-state index contributed by atoms with van der Waals surface area (Å²) >= 11 is 0. The lowest BCUT2D eigenvalue weighted by atomic mass is 10.1. The van der Waals surface area contributed by atoms with Gasteiger partial charge in [-0.15, -0.1) is 0 Å². The second-order valence-corrected chi connectivity index (χ2v) is 9.97. The summed E-state index contributed by atoms with van der Waals surface area (Å²) in [6.07, 6.45) is 6.47. The smallest absolute Gasteiger partial charge is 0.253 e. The van der Waals surface area contributed by atoms with Gasteiger partial charge in [0.05, 0.1) is 6.61 Å². The van der Waals surface area contributed by atoms with Crippen molar-refractivity contribution in [3.8, 4) is 0 Å². The number of sulfonamides is 1. The van der Waals surface area contributed by atoms with Crippen LogP contribution >= 0.6 is 0 Å². The second-order valence-electron chi connectivity index (χ2n) is 8.27. The molecule has 0 aliphatic carbocycles. The second kappa shape index (κ2) is 11.9. The molecule has 9 nitrogen and oxygen atoms in total. The number of nitrogens with one attached hydrogen (secondary N) is 2. The van der Waals surface area contributed by atoms with Crippen molar-refractivity contribution in [2.75, 3.05) is 10.6 Å². The Morgan fingerprint density at radius 2 is 1.59 bits per heavy atom. The molecule has 0 radical (unpaired) electrons. The van der Waals surface area contributed by atoms with E-state index in [1.165, 1.54) is 0 Å². The molecule has 4 N–H and O–H groups in total. The zero-order valence-corrected chi connectivity index (χ0v) is 19.9. The predicted octanol–water partition coefficient (Wildman–Crippen LogP) is 3.00. The van der Waals surface area contributed by atoms with E-state index >= 15 is 0 Å². The molecule has 0 bridgehead atoms. The molecule has 2 aromatic carbocycles. The minimum Gasteiger partial charge on any atom is -0.377 e. The minimum atomic E-state index is -3.81. The number of benzene rings is 1. The molecule has 34 heavy (non-hydrogen) atoms. The van der Waals surface area contributed by atoms with Gasteiger partial charge >= 0.3 is 0 Å². The fourth-order valence-electron chi connectivity index (χ4n) is 3.59. The number of rotatable bonds is 14. The topological polar surface area (TPSA) is 140 Å². The van der Waals surface area contributed by atoms with E-state index in [0.29, 0.717) is 18.5 Å². The standard InChI is InChI=1S/C24H30N4O5S/c1-17(27-21-22(24(30)23(21)29)28-19-12-14-26-15-13-19)8-4-2-7-11-20(34(25,31)32)33-16-18-9-5-3-6-10-18/h3,5-6,9-10,12-15,17,20,27H,2,4,7-8,11,16H2,1H3,(H,26,28)(H2,25,31,32). The maximum Gasteiger partial charge on any atom is 0.253 e. The third kappa shape index (κ3) is 7.21. The van der Waals surface area contributed by atoms with Crippen molar-refractivity contribution in [1.82, 2.24) is 4.98 Å². The van der Waals surface area contributed by atoms with Crippen LogP contribution in [-0.4, -0.2) is 24.9 Å². The number of primary sulfonamides is 1. The maximum atomic E-state index is 12.0. The van der Waals surface area contributed by atoms with Gasteiger partial charge < -0.3 is 15.4 Å². The Bertz CT molecular complexity index is 1230. The zero-order valence-electron chi connectivity index (χ0n) is 19.1. The lowest BCUT2D eigenvalue weighted by Crippen LogP contribution is -2.38. The van der Waals surface area contributed by atoms with Gasteiger partial charge in [-0.05, 0) is 43.9 Å². The van der Waals surface area contributed by atoms with Gasteiger partial charge in [-0.3, -0.25) is 14.6 Å². The monoisotopic (exact) mass is 486 g/mol. The molecule has 10 heteroatoms. The van der Waals surface area contributed by atoms with Crippen LogP contribution in [0.4, 0.5) is 17.1 Å². The van der Waals surface area contributed by atoms with E-state index in [2.05, 4.69) is 15.6 Å². The molecule has 0 saturated heterocycles. The molecule has 1 heterocycles. The fourth-order valence-corrected chi connectivity index (χ4v) is 4.34. The Morgan fingerprint density at radius 1 is 0.941 bits per heavy atom. The van der Waals surface area contributed by atoms with Crippen molar-refractivity contribution in [2.24, 2.45) is 5.14 Å². The van der Waals surface area contributed by atoms with Gasteiger partial charge in [0, 0.05) is 24.1 Å². The van der Waals surface area contributed by atoms with E-state index in [0.717, 1.165) is 24.8 Å². The van der Waals surface area contributed by atoms with Crippen LogP contribution in [-0.2, 0) is 21.4 Å². The van der Waals surface area contributed by atoms with Crippen LogP contribution in [0.1, 0.15) is 44.6 Å². The van der Waals surface area contributed by atoms with Gasteiger partial charge in [0.25, 0.3) is 10.9 Å². The van der Waals surface area contributed by atoms with Crippen molar-refractivity contribution in [3.63, 3.8) is 0 Å². The van der Waals surface area contributed by atoms with Crippen molar-refractivity contribution < 1.29 is 13.2 Å². The van der Waals surface area contributed by atoms with Crippen LogP contribution < -0.4 is 26.6 Å². The average molecular weight is 487 g/mol. The fraction of sp³-hybridized carbons (Fsp3) is 0.375. The van der Waals surface area contributed by atoms with Gasteiger partial charge in [-0.2, -0.15) is 0 Å². The number of pyridine rings is 1. The number of hydrogen-bond donors (Lipinski definition) is 3. The molecule has 0 fully saturated rings. The molecule has 0 aliphatic rings. The molecule has 0 spiro atoms. The number of nitrogens with two attached hydrogens (primary N) is 1. The molecule has 2 unspecified atom stereocenters. The number of hydrogen-bond acceptors (Lipinski definition) is 8.